The summed E-state index contributed by atoms with van der Waals surface area (Å²) in [7, 11) is 0. The Morgan fingerprint density at radius 2 is 2.39 bits per heavy atom. The molecule has 1 saturated heterocycles. The standard InChI is InChI=1S/C13H19N5/c1-3-14-11-9-18-7-5-15-12(18)13(16-11)17-6-4-10(2)8-17/h5,7,9-10,14H,3-4,6,8H2,1-2H3. The molecule has 1 atom stereocenters. The Morgan fingerprint density at radius 1 is 1.50 bits per heavy atom. The third kappa shape index (κ3) is 1.89. The topological polar surface area (TPSA) is 45.5 Å². The zero-order valence-electron chi connectivity index (χ0n) is 10.9. The number of rotatable bonds is 3. The molecule has 2 aromatic heterocycles. The molecule has 0 saturated carbocycles. The van der Waals surface area contributed by atoms with Crippen LogP contribution in [0.15, 0.2) is 18.6 Å². The summed E-state index contributed by atoms with van der Waals surface area (Å²) in [5.74, 6) is 2.66. The minimum Gasteiger partial charge on any atom is -0.369 e. The molecule has 1 unspecified atom stereocenters. The maximum Gasteiger partial charge on any atom is 0.180 e. The molecule has 1 aliphatic heterocycles. The van der Waals surface area contributed by atoms with Crippen LogP contribution in [-0.2, 0) is 0 Å². The number of hydrogen-bond donors (Lipinski definition) is 1. The molecule has 18 heavy (non-hydrogen) atoms. The van der Waals surface area contributed by atoms with Crippen LogP contribution in [0.2, 0.25) is 0 Å². The molecule has 3 heterocycles. The second kappa shape index (κ2) is 4.48. The number of aromatic nitrogens is 3. The lowest BCUT2D eigenvalue weighted by Gasteiger charge is -2.18. The fourth-order valence-electron chi connectivity index (χ4n) is 2.52. The lowest BCUT2D eigenvalue weighted by Crippen LogP contribution is -2.22. The molecule has 0 bridgehead atoms. The first-order chi connectivity index (χ1) is 8.78. The van der Waals surface area contributed by atoms with E-state index >= 15 is 0 Å². The first-order valence-corrected chi connectivity index (χ1v) is 6.60. The number of imidazole rings is 1. The molecule has 1 aliphatic rings. The van der Waals surface area contributed by atoms with Crippen LogP contribution in [0.4, 0.5) is 11.6 Å². The van der Waals surface area contributed by atoms with Gasteiger partial charge in [-0.3, -0.25) is 0 Å². The van der Waals surface area contributed by atoms with Crippen LogP contribution >= 0.6 is 0 Å². The van der Waals surface area contributed by atoms with Crippen molar-refractivity contribution in [3.05, 3.63) is 18.6 Å². The van der Waals surface area contributed by atoms with Gasteiger partial charge >= 0.3 is 0 Å². The van der Waals surface area contributed by atoms with Crippen LogP contribution in [0.1, 0.15) is 20.3 Å². The van der Waals surface area contributed by atoms with E-state index in [-0.39, 0.29) is 0 Å². The minimum absolute atomic E-state index is 0.740. The Morgan fingerprint density at radius 3 is 3.11 bits per heavy atom. The van der Waals surface area contributed by atoms with Crippen molar-refractivity contribution in [3.63, 3.8) is 0 Å². The smallest absolute Gasteiger partial charge is 0.180 e. The Labute approximate surface area is 107 Å². The largest absolute Gasteiger partial charge is 0.369 e. The normalized spacial score (nSPS) is 19.7. The molecule has 0 amide bonds. The zero-order valence-corrected chi connectivity index (χ0v) is 10.9. The summed E-state index contributed by atoms with van der Waals surface area (Å²) >= 11 is 0. The summed E-state index contributed by atoms with van der Waals surface area (Å²) in [5, 5.41) is 3.28. The molecule has 5 nitrogen and oxygen atoms in total. The van der Waals surface area contributed by atoms with E-state index in [1.165, 1.54) is 6.42 Å². The fraction of sp³-hybridized carbons (Fsp3) is 0.538. The maximum absolute atomic E-state index is 4.71. The van der Waals surface area contributed by atoms with Gasteiger partial charge in [-0.1, -0.05) is 6.92 Å². The van der Waals surface area contributed by atoms with E-state index in [0.717, 1.165) is 42.8 Å². The molecule has 96 valence electrons. The van der Waals surface area contributed by atoms with Crippen molar-refractivity contribution in [3.8, 4) is 0 Å². The second-order valence-electron chi connectivity index (χ2n) is 4.98. The number of hydrogen-bond acceptors (Lipinski definition) is 4. The van der Waals surface area contributed by atoms with E-state index in [4.69, 9.17) is 4.98 Å². The predicted octanol–water partition coefficient (Wildman–Crippen LogP) is 2.01. The van der Waals surface area contributed by atoms with Crippen molar-refractivity contribution >= 4 is 17.3 Å². The molecular weight excluding hydrogens is 226 g/mol. The van der Waals surface area contributed by atoms with E-state index in [1.54, 1.807) is 0 Å². The number of fused-ring (bicyclic) bond motifs is 1. The molecule has 2 aromatic rings. The molecular formula is C13H19N5. The third-order valence-electron chi connectivity index (χ3n) is 3.44. The van der Waals surface area contributed by atoms with Crippen LogP contribution < -0.4 is 10.2 Å². The van der Waals surface area contributed by atoms with Crippen molar-refractivity contribution in [2.24, 2.45) is 5.92 Å². The first-order valence-electron chi connectivity index (χ1n) is 6.60. The van der Waals surface area contributed by atoms with Crippen molar-refractivity contribution < 1.29 is 0 Å². The van der Waals surface area contributed by atoms with E-state index < -0.39 is 0 Å². The molecule has 0 aliphatic carbocycles. The average Bonchev–Trinajstić information content (AvgIpc) is 2.97. The van der Waals surface area contributed by atoms with Crippen LogP contribution in [-0.4, -0.2) is 34.0 Å². The summed E-state index contributed by atoms with van der Waals surface area (Å²) in [6.45, 7) is 7.40. The van der Waals surface area contributed by atoms with Gasteiger partial charge in [0.15, 0.2) is 11.5 Å². The maximum atomic E-state index is 4.71. The van der Waals surface area contributed by atoms with Gasteiger partial charge in [-0.25, -0.2) is 9.97 Å². The Hall–Kier alpha value is -1.78. The van der Waals surface area contributed by atoms with Crippen molar-refractivity contribution in [1.82, 2.24) is 14.4 Å². The van der Waals surface area contributed by atoms with Gasteiger partial charge in [-0.2, -0.15) is 0 Å². The summed E-state index contributed by atoms with van der Waals surface area (Å²) in [6, 6.07) is 0. The molecule has 1 fully saturated rings. The first kappa shape index (κ1) is 11.3. The van der Waals surface area contributed by atoms with Crippen LogP contribution in [0.25, 0.3) is 5.65 Å². The van der Waals surface area contributed by atoms with E-state index in [2.05, 4.69) is 29.0 Å². The highest BCUT2D eigenvalue weighted by atomic mass is 15.3. The van der Waals surface area contributed by atoms with E-state index in [9.17, 15) is 0 Å². The molecule has 5 heteroatoms. The van der Waals surface area contributed by atoms with Gasteiger partial charge in [0.05, 0.1) is 6.20 Å². The van der Waals surface area contributed by atoms with Crippen molar-refractivity contribution in [2.75, 3.05) is 29.9 Å². The minimum atomic E-state index is 0.740. The molecule has 0 spiro atoms. The molecule has 0 aromatic carbocycles. The Kier molecular flexibility index (Phi) is 2.81. The lowest BCUT2D eigenvalue weighted by molar-refractivity contribution is 0.659. The molecule has 0 radical (unpaired) electrons. The zero-order chi connectivity index (χ0) is 12.5. The highest BCUT2D eigenvalue weighted by molar-refractivity contribution is 5.67. The fourth-order valence-corrected chi connectivity index (χ4v) is 2.52. The summed E-state index contributed by atoms with van der Waals surface area (Å²) < 4.78 is 2.04. The van der Waals surface area contributed by atoms with Crippen molar-refractivity contribution in [1.29, 1.82) is 0 Å². The lowest BCUT2D eigenvalue weighted by atomic mass is 10.2. The average molecular weight is 245 g/mol. The van der Waals surface area contributed by atoms with Crippen LogP contribution in [0.3, 0.4) is 0 Å². The highest BCUT2D eigenvalue weighted by Crippen LogP contribution is 2.26. The van der Waals surface area contributed by atoms with Crippen LogP contribution in [0.5, 0.6) is 0 Å². The summed E-state index contributed by atoms with van der Waals surface area (Å²) in [4.78, 5) is 11.5. The predicted molar refractivity (Wildman–Crippen MR) is 73.1 cm³/mol. The third-order valence-corrected chi connectivity index (χ3v) is 3.44. The number of nitrogens with zero attached hydrogens (tertiary/aromatic N) is 4. The number of anilines is 2. The molecule has 1 N–H and O–H groups in total. The SMILES string of the molecule is CCNc1cn2ccnc2c(N2CCC(C)C2)n1. The summed E-state index contributed by atoms with van der Waals surface area (Å²) in [6.07, 6.45) is 7.03. The number of nitrogens with one attached hydrogen (secondary N) is 1. The van der Waals surface area contributed by atoms with Gasteiger partial charge < -0.3 is 14.6 Å². The van der Waals surface area contributed by atoms with E-state index in [1.807, 2.05) is 23.0 Å². The van der Waals surface area contributed by atoms with Gasteiger partial charge in [0.1, 0.15) is 5.82 Å². The summed E-state index contributed by atoms with van der Waals surface area (Å²) in [5.41, 5.74) is 0.950. The Bertz CT molecular complexity index is 547. The van der Waals surface area contributed by atoms with Gasteiger partial charge in [0.2, 0.25) is 0 Å². The van der Waals surface area contributed by atoms with Gasteiger partial charge in [0.25, 0.3) is 0 Å². The highest BCUT2D eigenvalue weighted by Gasteiger charge is 2.22. The van der Waals surface area contributed by atoms with Gasteiger partial charge in [-0.15, -0.1) is 0 Å². The quantitative estimate of drug-likeness (QED) is 0.898. The second-order valence-corrected chi connectivity index (χ2v) is 4.98. The van der Waals surface area contributed by atoms with Gasteiger partial charge in [0, 0.05) is 32.0 Å². The molecule has 3 rings (SSSR count). The van der Waals surface area contributed by atoms with E-state index in [0.29, 0.717) is 0 Å². The monoisotopic (exact) mass is 245 g/mol. The van der Waals surface area contributed by atoms with Crippen LogP contribution in [0, 0.1) is 5.92 Å². The van der Waals surface area contributed by atoms with Crippen molar-refractivity contribution in [2.45, 2.75) is 20.3 Å². The Balaban J connectivity index is 2.05. The van der Waals surface area contributed by atoms with Gasteiger partial charge in [-0.05, 0) is 19.3 Å².